The second-order valence-corrected chi connectivity index (χ2v) is 3.24. The largest absolute Gasteiger partial charge is 0.385 e. The van der Waals surface area contributed by atoms with Crippen LogP contribution < -0.4 is 0 Å². The van der Waals surface area contributed by atoms with E-state index in [9.17, 15) is 4.39 Å². The molecule has 0 aliphatic carbocycles. The minimum absolute atomic E-state index is 0.0502. The zero-order valence-electron chi connectivity index (χ0n) is 5.55. The summed E-state index contributed by atoms with van der Waals surface area (Å²) in [5.74, 6) is -0.414. The monoisotopic (exact) mass is 192 g/mol. The summed E-state index contributed by atoms with van der Waals surface area (Å²) >= 11 is 6.80. The first-order valence-corrected chi connectivity index (χ1v) is 4.29. The molecule has 0 aliphatic rings. The third-order valence-corrected chi connectivity index (χ3v) is 2.33. The molecule has 0 unspecified atom stereocenters. The number of thioether (sulfide) groups is 1. The van der Waals surface area contributed by atoms with Gasteiger partial charge in [0.1, 0.15) is 5.82 Å². The van der Waals surface area contributed by atoms with Crippen molar-refractivity contribution in [2.45, 2.75) is 4.90 Å². The predicted molar refractivity (Wildman–Crippen MR) is 44.4 cm³/mol. The first-order valence-electron chi connectivity index (χ1n) is 2.93. The Morgan fingerprint density at radius 3 is 2.82 bits per heavy atom. The summed E-state index contributed by atoms with van der Waals surface area (Å²) < 4.78 is 12.4. The second kappa shape index (κ2) is 3.95. The van der Waals surface area contributed by atoms with Gasteiger partial charge in [0.05, 0.1) is 11.0 Å². The molecule has 0 fully saturated rings. The van der Waals surface area contributed by atoms with Gasteiger partial charge < -0.3 is 5.11 Å². The molecular weight excluding hydrogens is 187 g/mol. The van der Waals surface area contributed by atoms with Crippen LogP contribution in [0.3, 0.4) is 0 Å². The zero-order chi connectivity index (χ0) is 8.27. The number of benzene rings is 1. The first-order chi connectivity index (χ1) is 5.24. The average Bonchev–Trinajstić information content (AvgIpc) is 1.95. The Morgan fingerprint density at radius 1 is 1.55 bits per heavy atom. The normalized spacial score (nSPS) is 10.1. The third kappa shape index (κ3) is 2.36. The van der Waals surface area contributed by atoms with Crippen molar-refractivity contribution in [1.29, 1.82) is 0 Å². The lowest BCUT2D eigenvalue weighted by molar-refractivity contribution is 0.375. The van der Waals surface area contributed by atoms with Crippen LogP contribution in [0, 0.1) is 5.82 Å². The maximum Gasteiger partial charge on any atom is 0.124 e. The van der Waals surface area contributed by atoms with Crippen molar-refractivity contribution in [1.82, 2.24) is 0 Å². The van der Waals surface area contributed by atoms with Crippen LogP contribution in [0.2, 0.25) is 5.02 Å². The van der Waals surface area contributed by atoms with Gasteiger partial charge in [-0.15, -0.1) is 0 Å². The van der Waals surface area contributed by atoms with Crippen LogP contribution in [0.1, 0.15) is 0 Å². The smallest absolute Gasteiger partial charge is 0.124 e. The molecule has 0 bridgehead atoms. The summed E-state index contributed by atoms with van der Waals surface area (Å²) in [6.45, 7) is 0. The maximum absolute atomic E-state index is 12.4. The fourth-order valence-corrected chi connectivity index (χ4v) is 1.49. The molecule has 1 aromatic rings. The Morgan fingerprint density at radius 2 is 2.27 bits per heavy atom. The summed E-state index contributed by atoms with van der Waals surface area (Å²) in [6, 6.07) is 4.07. The van der Waals surface area contributed by atoms with E-state index in [1.165, 1.54) is 23.9 Å². The van der Waals surface area contributed by atoms with Crippen LogP contribution in [0.4, 0.5) is 4.39 Å². The third-order valence-electron chi connectivity index (χ3n) is 1.11. The molecule has 0 radical (unpaired) electrons. The molecule has 0 saturated heterocycles. The molecule has 0 heterocycles. The average molecular weight is 193 g/mol. The van der Waals surface area contributed by atoms with Crippen LogP contribution in [0.5, 0.6) is 0 Å². The fraction of sp³-hybridized carbons (Fsp3) is 0.143. The highest BCUT2D eigenvalue weighted by Crippen LogP contribution is 2.26. The molecule has 11 heavy (non-hydrogen) atoms. The molecule has 4 heteroatoms. The van der Waals surface area contributed by atoms with Crippen molar-refractivity contribution in [2.24, 2.45) is 0 Å². The van der Waals surface area contributed by atoms with Crippen LogP contribution in [0.15, 0.2) is 23.1 Å². The van der Waals surface area contributed by atoms with E-state index in [1.807, 2.05) is 0 Å². The molecular formula is C7H6ClFOS. The van der Waals surface area contributed by atoms with Gasteiger partial charge in [0.25, 0.3) is 0 Å². The quantitative estimate of drug-likeness (QED) is 0.574. The topological polar surface area (TPSA) is 20.2 Å². The van der Waals surface area contributed by atoms with E-state index < -0.39 is 0 Å². The summed E-state index contributed by atoms with van der Waals surface area (Å²) in [4.78, 5) is 0.690. The van der Waals surface area contributed by atoms with Crippen LogP contribution >= 0.6 is 23.4 Å². The summed E-state index contributed by atoms with van der Waals surface area (Å²) in [5.41, 5.74) is 0. The Bertz CT molecular complexity index is 254. The highest BCUT2D eigenvalue weighted by Gasteiger charge is 2.00. The molecule has 0 atom stereocenters. The summed E-state index contributed by atoms with van der Waals surface area (Å²) in [5, 5.41) is 8.86. The number of aliphatic hydroxyl groups excluding tert-OH is 1. The fourth-order valence-electron chi connectivity index (χ4n) is 0.662. The molecule has 1 nitrogen and oxygen atoms in total. The number of hydrogen-bond donors (Lipinski definition) is 1. The Labute approximate surface area is 73.2 Å². The molecule has 1 N–H and O–H groups in total. The zero-order valence-corrected chi connectivity index (χ0v) is 7.12. The van der Waals surface area contributed by atoms with E-state index in [0.717, 1.165) is 0 Å². The molecule has 0 amide bonds. The highest BCUT2D eigenvalue weighted by atomic mass is 35.5. The maximum atomic E-state index is 12.4. The molecule has 0 saturated carbocycles. The first kappa shape index (κ1) is 8.84. The van der Waals surface area contributed by atoms with E-state index in [-0.39, 0.29) is 11.8 Å². The summed E-state index contributed by atoms with van der Waals surface area (Å²) in [6.07, 6.45) is 0. The van der Waals surface area contributed by atoms with Crippen molar-refractivity contribution in [2.75, 3.05) is 5.94 Å². The number of rotatable bonds is 2. The van der Waals surface area contributed by atoms with Crippen molar-refractivity contribution in [3.8, 4) is 0 Å². The van der Waals surface area contributed by atoms with E-state index in [0.29, 0.717) is 9.92 Å². The minimum Gasteiger partial charge on any atom is -0.385 e. The van der Waals surface area contributed by atoms with Gasteiger partial charge in [0.2, 0.25) is 0 Å². The van der Waals surface area contributed by atoms with E-state index in [4.69, 9.17) is 16.7 Å². The predicted octanol–water partition coefficient (Wildman–Crippen LogP) is 2.52. The van der Waals surface area contributed by atoms with Gasteiger partial charge >= 0.3 is 0 Å². The lowest BCUT2D eigenvalue weighted by Crippen LogP contribution is -1.79. The molecule has 0 aliphatic heterocycles. The molecule has 1 aromatic carbocycles. The lowest BCUT2D eigenvalue weighted by atomic mass is 10.3. The molecule has 0 aromatic heterocycles. The van der Waals surface area contributed by atoms with Crippen molar-refractivity contribution < 1.29 is 9.50 Å². The Hall–Kier alpha value is -0.250. The van der Waals surface area contributed by atoms with Crippen molar-refractivity contribution in [3.05, 3.63) is 29.0 Å². The highest BCUT2D eigenvalue weighted by molar-refractivity contribution is 7.99. The standard InChI is InChI=1S/C7H6ClFOS/c8-6-3-5(9)1-2-7(6)11-4-10/h1-3,10H,4H2. The van der Waals surface area contributed by atoms with Crippen LogP contribution in [0.25, 0.3) is 0 Å². The van der Waals surface area contributed by atoms with Gasteiger partial charge in [-0.25, -0.2) is 4.39 Å². The van der Waals surface area contributed by atoms with Crippen molar-refractivity contribution >= 4 is 23.4 Å². The van der Waals surface area contributed by atoms with E-state index >= 15 is 0 Å². The van der Waals surface area contributed by atoms with Crippen molar-refractivity contribution in [3.63, 3.8) is 0 Å². The van der Waals surface area contributed by atoms with Crippen LogP contribution in [-0.2, 0) is 0 Å². The molecule has 1 rings (SSSR count). The SMILES string of the molecule is OCSc1ccc(F)cc1Cl. The van der Waals surface area contributed by atoms with Gasteiger partial charge in [-0.05, 0) is 18.2 Å². The van der Waals surface area contributed by atoms with E-state index in [1.54, 1.807) is 6.07 Å². The molecule has 60 valence electrons. The Kier molecular flexibility index (Phi) is 3.17. The molecule has 0 spiro atoms. The number of aliphatic hydroxyl groups is 1. The Balaban J connectivity index is 2.90. The van der Waals surface area contributed by atoms with Gasteiger partial charge in [0.15, 0.2) is 0 Å². The number of halogens is 2. The van der Waals surface area contributed by atoms with Gasteiger partial charge in [0, 0.05) is 4.90 Å². The van der Waals surface area contributed by atoms with Gasteiger partial charge in [-0.3, -0.25) is 0 Å². The second-order valence-electron chi connectivity index (χ2n) is 1.85. The minimum atomic E-state index is -0.364. The van der Waals surface area contributed by atoms with Crippen LogP contribution in [-0.4, -0.2) is 11.0 Å². The number of hydrogen-bond acceptors (Lipinski definition) is 2. The lowest BCUT2D eigenvalue weighted by Gasteiger charge is -1.99. The van der Waals surface area contributed by atoms with Gasteiger partial charge in [-0.1, -0.05) is 23.4 Å². The summed E-state index contributed by atoms with van der Waals surface area (Å²) in [7, 11) is 0. The van der Waals surface area contributed by atoms with Gasteiger partial charge in [-0.2, -0.15) is 0 Å². The van der Waals surface area contributed by atoms with E-state index in [2.05, 4.69) is 0 Å².